The summed E-state index contributed by atoms with van der Waals surface area (Å²) in [6.07, 6.45) is 2.37. The average Bonchev–Trinajstić information content (AvgIpc) is 3.04. The molecule has 0 saturated carbocycles. The maximum absolute atomic E-state index is 6.15. The second kappa shape index (κ2) is 6.25. The first kappa shape index (κ1) is 15.2. The third-order valence-corrected chi connectivity index (χ3v) is 6.47. The largest absolute Gasteiger partial charge is 0.424 e. The van der Waals surface area contributed by atoms with Gasteiger partial charge in [0.1, 0.15) is 11.5 Å². The Hall–Kier alpha value is -1.39. The van der Waals surface area contributed by atoms with Crippen molar-refractivity contribution in [2.24, 2.45) is 0 Å². The molecule has 2 aromatic rings. The lowest BCUT2D eigenvalue weighted by Gasteiger charge is -2.24. The summed E-state index contributed by atoms with van der Waals surface area (Å²) in [5.41, 5.74) is 2.05. The first-order chi connectivity index (χ1) is 11.2. The predicted octanol–water partition coefficient (Wildman–Crippen LogP) is 3.69. The summed E-state index contributed by atoms with van der Waals surface area (Å²) in [5, 5.41) is 6.85. The van der Waals surface area contributed by atoms with Gasteiger partial charge in [0, 0.05) is 35.5 Å². The van der Waals surface area contributed by atoms with Crippen molar-refractivity contribution < 1.29 is 9.05 Å². The number of para-hydroxylation sites is 2. The van der Waals surface area contributed by atoms with Gasteiger partial charge in [-0.15, -0.1) is 0 Å². The van der Waals surface area contributed by atoms with E-state index < -0.39 is 6.64 Å². The Morgan fingerprint density at radius 3 is 2.22 bits per heavy atom. The van der Waals surface area contributed by atoms with E-state index in [2.05, 4.69) is 10.4 Å². The molecule has 2 N–H and O–H groups in total. The van der Waals surface area contributed by atoms with Crippen molar-refractivity contribution in [1.82, 2.24) is 10.4 Å². The van der Waals surface area contributed by atoms with Crippen molar-refractivity contribution in [3.63, 3.8) is 0 Å². The number of benzene rings is 2. The van der Waals surface area contributed by atoms with Crippen molar-refractivity contribution in [3.05, 3.63) is 48.5 Å². The molecule has 1 atom stereocenters. The monoisotopic (exact) mass is 346 g/mol. The molecule has 2 aliphatic rings. The molecule has 6 heteroatoms. The van der Waals surface area contributed by atoms with E-state index in [1.54, 1.807) is 0 Å². The quantitative estimate of drug-likeness (QED) is 0.830. The molecular weight excluding hydrogens is 327 g/mol. The van der Waals surface area contributed by atoms with Gasteiger partial charge in [-0.1, -0.05) is 36.4 Å². The molecule has 2 heterocycles. The Bertz CT molecular complexity index is 710. The number of hydrogen-bond donors (Lipinski definition) is 2. The second-order valence-electron chi connectivity index (χ2n) is 5.83. The van der Waals surface area contributed by atoms with Gasteiger partial charge in [-0.25, -0.2) is 5.09 Å². The molecule has 1 saturated heterocycles. The van der Waals surface area contributed by atoms with Crippen LogP contribution in [-0.4, -0.2) is 19.1 Å². The summed E-state index contributed by atoms with van der Waals surface area (Å²) in [5.74, 6) is 1.57. The van der Waals surface area contributed by atoms with Crippen molar-refractivity contribution in [2.75, 3.05) is 13.1 Å². The highest BCUT2D eigenvalue weighted by Gasteiger charge is 2.30. The summed E-state index contributed by atoms with van der Waals surface area (Å²) in [4.78, 5) is 0. The van der Waals surface area contributed by atoms with Gasteiger partial charge in [0.25, 0.3) is 0 Å². The smallest absolute Gasteiger partial charge is 0.365 e. The highest BCUT2D eigenvalue weighted by Crippen LogP contribution is 2.53. The van der Waals surface area contributed by atoms with E-state index >= 15 is 0 Å². The third-order valence-electron chi connectivity index (χ3n) is 4.20. The summed E-state index contributed by atoms with van der Waals surface area (Å²) in [6, 6.07) is 16.4. The molecule has 0 spiro atoms. The molecule has 1 fully saturated rings. The molecular formula is C17H19N2O2PS. The van der Waals surface area contributed by atoms with Gasteiger partial charge in [-0.3, -0.25) is 0 Å². The van der Waals surface area contributed by atoms with E-state index in [1.807, 2.05) is 48.5 Å². The lowest BCUT2D eigenvalue weighted by molar-refractivity contribution is 0.468. The molecule has 4 nitrogen and oxygen atoms in total. The van der Waals surface area contributed by atoms with Gasteiger partial charge >= 0.3 is 6.64 Å². The fourth-order valence-corrected chi connectivity index (χ4v) is 5.18. The van der Waals surface area contributed by atoms with Crippen LogP contribution in [0.25, 0.3) is 11.1 Å². The Labute approximate surface area is 141 Å². The Morgan fingerprint density at radius 1 is 1.04 bits per heavy atom. The molecule has 0 aliphatic carbocycles. The minimum absolute atomic E-state index is 0.441. The van der Waals surface area contributed by atoms with Crippen molar-refractivity contribution >= 4 is 18.4 Å². The van der Waals surface area contributed by atoms with Gasteiger partial charge in [0.2, 0.25) is 0 Å². The van der Waals surface area contributed by atoms with Crippen molar-refractivity contribution in [3.8, 4) is 22.6 Å². The molecule has 0 radical (unpaired) electrons. The SMILES string of the molecule is S=P1(NCC2CCCN2)Oc2ccccc2-c2ccccc2O1. The minimum atomic E-state index is -2.63. The average molecular weight is 346 g/mol. The molecule has 0 amide bonds. The zero-order valence-corrected chi connectivity index (χ0v) is 14.4. The van der Waals surface area contributed by atoms with Crippen LogP contribution in [0.3, 0.4) is 0 Å². The molecule has 0 bridgehead atoms. The third kappa shape index (κ3) is 3.15. The lowest BCUT2D eigenvalue weighted by Crippen LogP contribution is -2.34. The van der Waals surface area contributed by atoms with Crippen molar-refractivity contribution in [2.45, 2.75) is 18.9 Å². The number of hydrogen-bond acceptors (Lipinski definition) is 4. The van der Waals surface area contributed by atoms with Crippen LogP contribution in [0.5, 0.6) is 11.5 Å². The summed E-state index contributed by atoms with van der Waals surface area (Å²) in [6.45, 7) is -0.793. The zero-order valence-electron chi connectivity index (χ0n) is 12.7. The van der Waals surface area contributed by atoms with Crippen LogP contribution in [0, 0.1) is 0 Å². The number of nitrogens with one attached hydrogen (secondary N) is 2. The van der Waals surface area contributed by atoms with E-state index in [-0.39, 0.29) is 0 Å². The molecule has 23 heavy (non-hydrogen) atoms. The van der Waals surface area contributed by atoms with Gasteiger partial charge in [-0.2, -0.15) is 0 Å². The topological polar surface area (TPSA) is 42.5 Å². The molecule has 2 aromatic carbocycles. The van der Waals surface area contributed by atoms with Crippen LogP contribution in [0.15, 0.2) is 48.5 Å². The highest BCUT2D eigenvalue weighted by molar-refractivity contribution is 8.09. The highest BCUT2D eigenvalue weighted by atomic mass is 32.5. The van der Waals surface area contributed by atoms with Gasteiger partial charge < -0.3 is 14.4 Å². The van der Waals surface area contributed by atoms with Crippen LogP contribution in [0.1, 0.15) is 12.8 Å². The van der Waals surface area contributed by atoms with Crippen LogP contribution in [0.2, 0.25) is 0 Å². The van der Waals surface area contributed by atoms with E-state index in [0.29, 0.717) is 6.04 Å². The standard InChI is InChI=1S/C17H19N2O2PS/c23-22(19-12-13-6-5-11-18-13)20-16-9-3-1-7-14(16)15-8-2-4-10-17(15)21-22/h1-4,7-10,13,18H,5-6,11-12H2,(H,19,23). The maximum atomic E-state index is 6.15. The van der Waals surface area contributed by atoms with Gasteiger partial charge in [0.15, 0.2) is 0 Å². The van der Waals surface area contributed by atoms with E-state index in [1.165, 1.54) is 6.42 Å². The normalized spacial score (nSPS) is 21.5. The van der Waals surface area contributed by atoms with Crippen LogP contribution in [-0.2, 0) is 11.8 Å². The van der Waals surface area contributed by atoms with Crippen molar-refractivity contribution in [1.29, 1.82) is 0 Å². The molecule has 4 rings (SSSR count). The van der Waals surface area contributed by atoms with E-state index in [4.69, 9.17) is 20.9 Å². The van der Waals surface area contributed by atoms with E-state index in [0.717, 1.165) is 42.1 Å². The molecule has 1 unspecified atom stereocenters. The van der Waals surface area contributed by atoms with Crippen LogP contribution in [0.4, 0.5) is 0 Å². The van der Waals surface area contributed by atoms with E-state index in [9.17, 15) is 0 Å². The predicted molar refractivity (Wildman–Crippen MR) is 96.4 cm³/mol. The maximum Gasteiger partial charge on any atom is 0.365 e. The summed E-state index contributed by atoms with van der Waals surface area (Å²) >= 11 is 5.75. The van der Waals surface area contributed by atoms with Gasteiger partial charge in [0.05, 0.1) is 0 Å². The summed E-state index contributed by atoms with van der Waals surface area (Å²) < 4.78 is 12.3. The lowest BCUT2D eigenvalue weighted by atomic mass is 10.0. The first-order valence-electron chi connectivity index (χ1n) is 7.90. The first-order valence-corrected chi connectivity index (χ1v) is 10.5. The number of fused-ring (bicyclic) bond motifs is 3. The molecule has 0 aromatic heterocycles. The minimum Gasteiger partial charge on any atom is -0.424 e. The Kier molecular flexibility index (Phi) is 4.12. The fraction of sp³-hybridized carbons (Fsp3) is 0.294. The molecule has 120 valence electrons. The fourth-order valence-electron chi connectivity index (χ4n) is 3.03. The van der Waals surface area contributed by atoms with Crippen LogP contribution < -0.4 is 19.5 Å². The van der Waals surface area contributed by atoms with Gasteiger partial charge in [-0.05, 0) is 31.5 Å². The van der Waals surface area contributed by atoms with Crippen LogP contribution >= 0.6 is 6.64 Å². The molecule has 2 aliphatic heterocycles. The number of rotatable bonds is 3. The second-order valence-corrected chi connectivity index (χ2v) is 8.95. The Morgan fingerprint density at radius 2 is 1.65 bits per heavy atom. The Balaban J connectivity index is 1.67. The zero-order chi connectivity index (χ0) is 15.7. The summed E-state index contributed by atoms with van der Waals surface area (Å²) in [7, 11) is 0.